The summed E-state index contributed by atoms with van der Waals surface area (Å²) in [6.45, 7) is 5.28. The lowest BCUT2D eigenvalue weighted by molar-refractivity contribution is 0.0831. The van der Waals surface area contributed by atoms with Gasteiger partial charge in [-0.25, -0.2) is 8.78 Å². The van der Waals surface area contributed by atoms with E-state index in [9.17, 15) is 13.6 Å². The summed E-state index contributed by atoms with van der Waals surface area (Å²) in [6.07, 6.45) is -0.583. The van der Waals surface area contributed by atoms with Crippen LogP contribution in [-0.2, 0) is 4.74 Å². The van der Waals surface area contributed by atoms with E-state index in [0.29, 0.717) is 13.2 Å². The highest BCUT2D eigenvalue weighted by Crippen LogP contribution is 2.30. The summed E-state index contributed by atoms with van der Waals surface area (Å²) in [6, 6.07) is 3.02. The Balaban J connectivity index is 1.70. The Bertz CT molecular complexity index is 729. The fourth-order valence-corrected chi connectivity index (χ4v) is 2.71. The molecule has 1 aliphatic heterocycles. The van der Waals surface area contributed by atoms with Crippen LogP contribution in [0.1, 0.15) is 42.9 Å². The molecule has 1 N–H and O–H groups in total. The second-order valence-electron chi connectivity index (χ2n) is 6.52. The first-order chi connectivity index (χ1) is 10.9. The Morgan fingerprint density at radius 3 is 2.91 bits per heavy atom. The van der Waals surface area contributed by atoms with E-state index in [1.807, 2.05) is 0 Å². The van der Waals surface area contributed by atoms with E-state index < -0.39 is 12.2 Å². The minimum absolute atomic E-state index is 0.0239. The molecule has 1 fully saturated rings. The standard InChI is InChI=1S/C15H18F2N4O2/c1-15(2)5-10(23-8-15)6-18-14(22)9-3-4-11-19-20-13(12(16)17)21(11)7-9/h3-4,7,10,12H,5-6,8H2,1-2H3,(H,18,22). The lowest BCUT2D eigenvalue weighted by atomic mass is 9.91. The molecule has 8 heteroatoms. The Labute approximate surface area is 131 Å². The number of rotatable bonds is 4. The van der Waals surface area contributed by atoms with E-state index in [2.05, 4.69) is 29.4 Å². The van der Waals surface area contributed by atoms with Crippen molar-refractivity contribution in [1.29, 1.82) is 0 Å². The predicted octanol–water partition coefficient (Wildman–Crippen LogP) is 2.21. The number of carbonyl (C=O) groups is 1. The number of fused-ring (bicyclic) bond motifs is 1. The Hall–Kier alpha value is -2.09. The molecule has 0 bridgehead atoms. The van der Waals surface area contributed by atoms with Gasteiger partial charge in [0.15, 0.2) is 5.65 Å². The zero-order chi connectivity index (χ0) is 16.6. The molecule has 0 saturated carbocycles. The third-order valence-electron chi connectivity index (χ3n) is 3.87. The number of pyridine rings is 1. The maximum absolute atomic E-state index is 12.8. The molecule has 1 unspecified atom stereocenters. The van der Waals surface area contributed by atoms with Crippen LogP contribution in [-0.4, -0.2) is 39.8 Å². The number of ether oxygens (including phenoxy) is 1. The minimum Gasteiger partial charge on any atom is -0.376 e. The van der Waals surface area contributed by atoms with Crippen molar-refractivity contribution >= 4 is 11.6 Å². The number of hydrogen-bond donors (Lipinski definition) is 1. The fraction of sp³-hybridized carbons (Fsp3) is 0.533. The van der Waals surface area contributed by atoms with Gasteiger partial charge in [0.2, 0.25) is 5.82 Å². The maximum atomic E-state index is 12.8. The van der Waals surface area contributed by atoms with Crippen LogP contribution < -0.4 is 5.32 Å². The summed E-state index contributed by atoms with van der Waals surface area (Å²) in [5, 5.41) is 9.86. The van der Waals surface area contributed by atoms with Gasteiger partial charge in [0.25, 0.3) is 12.3 Å². The summed E-state index contributed by atoms with van der Waals surface area (Å²) in [7, 11) is 0. The average Bonchev–Trinajstić information content (AvgIpc) is 3.07. The molecule has 3 heterocycles. The monoisotopic (exact) mass is 324 g/mol. The van der Waals surface area contributed by atoms with E-state index in [1.165, 1.54) is 18.3 Å². The summed E-state index contributed by atoms with van der Waals surface area (Å²) in [4.78, 5) is 12.2. The van der Waals surface area contributed by atoms with Crippen molar-refractivity contribution in [3.8, 4) is 0 Å². The number of carbonyl (C=O) groups excluding carboxylic acids is 1. The number of alkyl halides is 2. The van der Waals surface area contributed by atoms with Crippen molar-refractivity contribution in [3.05, 3.63) is 29.7 Å². The van der Waals surface area contributed by atoms with Crippen molar-refractivity contribution in [1.82, 2.24) is 19.9 Å². The quantitative estimate of drug-likeness (QED) is 0.936. The summed E-state index contributed by atoms with van der Waals surface area (Å²) in [5.74, 6) is -0.815. The number of nitrogens with one attached hydrogen (secondary N) is 1. The third kappa shape index (κ3) is 3.31. The minimum atomic E-state index is -2.75. The zero-order valence-electron chi connectivity index (χ0n) is 12.9. The Kier molecular flexibility index (Phi) is 4.01. The molecule has 2 aromatic rings. The van der Waals surface area contributed by atoms with Gasteiger partial charge in [-0.05, 0) is 24.0 Å². The second kappa shape index (κ2) is 5.84. The lowest BCUT2D eigenvalue weighted by Gasteiger charge is -2.14. The molecular weight excluding hydrogens is 306 g/mol. The molecule has 1 aliphatic rings. The van der Waals surface area contributed by atoms with E-state index in [0.717, 1.165) is 10.8 Å². The number of amides is 1. The van der Waals surface area contributed by atoms with Gasteiger partial charge < -0.3 is 10.1 Å². The topological polar surface area (TPSA) is 68.5 Å². The zero-order valence-corrected chi connectivity index (χ0v) is 12.9. The molecule has 1 atom stereocenters. The van der Waals surface area contributed by atoms with Crippen LogP contribution in [0.25, 0.3) is 5.65 Å². The first kappa shape index (κ1) is 15.8. The molecule has 1 amide bonds. The molecule has 3 rings (SSSR count). The van der Waals surface area contributed by atoms with Gasteiger partial charge in [-0.15, -0.1) is 10.2 Å². The molecular formula is C15H18F2N4O2. The van der Waals surface area contributed by atoms with Crippen LogP contribution in [0.2, 0.25) is 0 Å². The molecule has 1 saturated heterocycles. The average molecular weight is 324 g/mol. The molecule has 23 heavy (non-hydrogen) atoms. The molecule has 0 radical (unpaired) electrons. The van der Waals surface area contributed by atoms with Crippen LogP contribution in [0.3, 0.4) is 0 Å². The predicted molar refractivity (Wildman–Crippen MR) is 78.4 cm³/mol. The van der Waals surface area contributed by atoms with E-state index in [4.69, 9.17) is 4.74 Å². The van der Waals surface area contributed by atoms with Gasteiger partial charge in [-0.1, -0.05) is 13.8 Å². The first-order valence-corrected chi connectivity index (χ1v) is 7.38. The molecule has 0 spiro atoms. The van der Waals surface area contributed by atoms with Crippen molar-refractivity contribution in [2.24, 2.45) is 5.41 Å². The smallest absolute Gasteiger partial charge is 0.297 e. The van der Waals surface area contributed by atoms with Gasteiger partial charge >= 0.3 is 0 Å². The van der Waals surface area contributed by atoms with E-state index in [-0.39, 0.29) is 28.6 Å². The van der Waals surface area contributed by atoms with Gasteiger partial charge in [-0.3, -0.25) is 9.20 Å². The maximum Gasteiger partial charge on any atom is 0.297 e. The highest BCUT2D eigenvalue weighted by molar-refractivity contribution is 5.94. The van der Waals surface area contributed by atoms with E-state index >= 15 is 0 Å². The number of aromatic nitrogens is 3. The van der Waals surface area contributed by atoms with E-state index in [1.54, 1.807) is 0 Å². The summed E-state index contributed by atoms with van der Waals surface area (Å²) in [5.41, 5.74) is 0.664. The van der Waals surface area contributed by atoms with Gasteiger partial charge in [0.1, 0.15) is 0 Å². The fourth-order valence-electron chi connectivity index (χ4n) is 2.71. The van der Waals surface area contributed by atoms with Crippen LogP contribution in [0.5, 0.6) is 0 Å². The normalized spacial score (nSPS) is 20.3. The lowest BCUT2D eigenvalue weighted by Crippen LogP contribution is -2.32. The van der Waals surface area contributed by atoms with Crippen LogP contribution >= 0.6 is 0 Å². The number of nitrogens with zero attached hydrogens (tertiary/aromatic N) is 3. The molecule has 2 aromatic heterocycles. The van der Waals surface area contributed by atoms with Gasteiger partial charge in [0.05, 0.1) is 18.3 Å². The summed E-state index contributed by atoms with van der Waals surface area (Å²) >= 11 is 0. The largest absolute Gasteiger partial charge is 0.376 e. The SMILES string of the molecule is CC1(C)COC(CNC(=O)c2ccc3nnc(C(F)F)n3c2)C1. The van der Waals surface area contributed by atoms with Crippen LogP contribution in [0, 0.1) is 5.41 Å². The molecule has 124 valence electrons. The van der Waals surface area contributed by atoms with Crippen molar-refractivity contribution in [2.45, 2.75) is 32.8 Å². The molecule has 0 aliphatic carbocycles. The van der Waals surface area contributed by atoms with Crippen LogP contribution in [0.4, 0.5) is 8.78 Å². The van der Waals surface area contributed by atoms with Crippen molar-refractivity contribution in [3.63, 3.8) is 0 Å². The van der Waals surface area contributed by atoms with Gasteiger partial charge in [0, 0.05) is 12.7 Å². The van der Waals surface area contributed by atoms with Crippen LogP contribution in [0.15, 0.2) is 18.3 Å². The number of halogens is 2. The number of hydrogen-bond acceptors (Lipinski definition) is 4. The van der Waals surface area contributed by atoms with Crippen molar-refractivity contribution < 1.29 is 18.3 Å². The Morgan fingerprint density at radius 1 is 1.48 bits per heavy atom. The summed E-state index contributed by atoms with van der Waals surface area (Å²) < 4.78 is 32.5. The molecule has 6 nitrogen and oxygen atoms in total. The first-order valence-electron chi connectivity index (χ1n) is 7.38. The Morgan fingerprint density at radius 2 is 2.26 bits per heavy atom. The highest BCUT2D eigenvalue weighted by Gasteiger charge is 2.32. The third-order valence-corrected chi connectivity index (χ3v) is 3.87. The van der Waals surface area contributed by atoms with Gasteiger partial charge in [-0.2, -0.15) is 0 Å². The van der Waals surface area contributed by atoms with Crippen molar-refractivity contribution in [2.75, 3.05) is 13.2 Å². The highest BCUT2D eigenvalue weighted by atomic mass is 19.3. The second-order valence-corrected chi connectivity index (χ2v) is 6.52. The molecule has 0 aromatic carbocycles.